The van der Waals surface area contributed by atoms with Gasteiger partial charge in [-0.1, -0.05) is 49.3 Å². The minimum Gasteiger partial charge on any atom is -0.337 e. The van der Waals surface area contributed by atoms with Crippen LogP contribution in [0.4, 0.5) is 0 Å². The molecule has 0 bridgehead atoms. The van der Waals surface area contributed by atoms with Crippen LogP contribution in [0, 0.1) is 0 Å². The summed E-state index contributed by atoms with van der Waals surface area (Å²) in [6, 6.07) is 10.4. The van der Waals surface area contributed by atoms with E-state index in [0.29, 0.717) is 5.89 Å². The van der Waals surface area contributed by atoms with Crippen molar-refractivity contribution in [2.75, 3.05) is 0 Å². The highest BCUT2D eigenvalue weighted by molar-refractivity contribution is 5.32. The third kappa shape index (κ3) is 2.18. The van der Waals surface area contributed by atoms with Crippen LogP contribution in [0.5, 0.6) is 0 Å². The van der Waals surface area contributed by atoms with Crippen LogP contribution >= 0.6 is 0 Å². The molecule has 4 nitrogen and oxygen atoms in total. The molecular weight excluding hydrogens is 262 g/mol. The van der Waals surface area contributed by atoms with Crippen molar-refractivity contribution in [3.8, 4) is 0 Å². The van der Waals surface area contributed by atoms with Gasteiger partial charge in [0.05, 0.1) is 11.0 Å². The fraction of sp³-hybridized carbons (Fsp3) is 0.529. The van der Waals surface area contributed by atoms with Crippen LogP contribution in [-0.2, 0) is 11.0 Å². The minimum absolute atomic E-state index is 0.191. The molecule has 0 aliphatic heterocycles. The standard InChI is InChI=1S/C17H23N3O/c1-3-16(4-2,13-9-6-5-7-10-13)14-19-15(21-20-14)17(18)11-8-12-17/h5-7,9-10H,3-4,8,11-12,18H2,1-2H3. The maximum absolute atomic E-state index is 6.31. The molecule has 1 aromatic heterocycles. The number of hydrogen-bond donors (Lipinski definition) is 1. The SMILES string of the molecule is CCC(CC)(c1ccccc1)c1noc(C2(N)CCC2)n1. The second-order valence-corrected chi connectivity index (χ2v) is 6.09. The summed E-state index contributed by atoms with van der Waals surface area (Å²) in [6.07, 6.45) is 4.88. The summed E-state index contributed by atoms with van der Waals surface area (Å²) < 4.78 is 5.52. The van der Waals surface area contributed by atoms with Gasteiger partial charge in [-0.15, -0.1) is 0 Å². The molecular formula is C17H23N3O. The van der Waals surface area contributed by atoms with Gasteiger partial charge in [0.2, 0.25) is 5.89 Å². The summed E-state index contributed by atoms with van der Waals surface area (Å²) >= 11 is 0. The van der Waals surface area contributed by atoms with Crippen LogP contribution < -0.4 is 5.73 Å². The van der Waals surface area contributed by atoms with Gasteiger partial charge in [0.25, 0.3) is 0 Å². The van der Waals surface area contributed by atoms with Gasteiger partial charge in [-0.05, 0) is 37.7 Å². The first kappa shape index (κ1) is 14.3. The van der Waals surface area contributed by atoms with Gasteiger partial charge in [0.15, 0.2) is 5.82 Å². The number of nitrogens with two attached hydrogens (primary N) is 1. The van der Waals surface area contributed by atoms with Crippen molar-refractivity contribution in [2.45, 2.75) is 56.9 Å². The lowest BCUT2D eigenvalue weighted by molar-refractivity contribution is 0.180. The average Bonchev–Trinajstić information content (AvgIpc) is 2.99. The number of hydrogen-bond acceptors (Lipinski definition) is 4. The van der Waals surface area contributed by atoms with E-state index in [2.05, 4.69) is 43.3 Å². The molecule has 1 aromatic carbocycles. The molecule has 4 heteroatoms. The molecule has 21 heavy (non-hydrogen) atoms. The minimum atomic E-state index is -0.394. The van der Waals surface area contributed by atoms with Crippen LogP contribution in [0.15, 0.2) is 34.9 Å². The Labute approximate surface area is 125 Å². The summed E-state index contributed by atoms with van der Waals surface area (Å²) in [5, 5.41) is 4.29. The third-order valence-corrected chi connectivity index (χ3v) is 5.06. The topological polar surface area (TPSA) is 64.9 Å². The van der Waals surface area contributed by atoms with Crippen molar-refractivity contribution in [3.05, 3.63) is 47.6 Å². The average molecular weight is 285 g/mol. The largest absolute Gasteiger partial charge is 0.337 e. The Kier molecular flexibility index (Phi) is 3.57. The Morgan fingerprint density at radius 1 is 1.19 bits per heavy atom. The predicted molar refractivity (Wildman–Crippen MR) is 81.8 cm³/mol. The van der Waals surface area contributed by atoms with E-state index in [-0.39, 0.29) is 5.41 Å². The van der Waals surface area contributed by atoms with E-state index in [1.807, 2.05) is 6.07 Å². The fourth-order valence-corrected chi connectivity index (χ4v) is 3.25. The monoisotopic (exact) mass is 285 g/mol. The van der Waals surface area contributed by atoms with Crippen molar-refractivity contribution in [3.63, 3.8) is 0 Å². The Balaban J connectivity index is 2.02. The first-order chi connectivity index (χ1) is 10.1. The number of rotatable bonds is 5. The summed E-state index contributed by atoms with van der Waals surface area (Å²) in [7, 11) is 0. The number of nitrogens with zero attached hydrogens (tertiary/aromatic N) is 2. The molecule has 0 unspecified atom stereocenters. The zero-order valence-electron chi connectivity index (χ0n) is 12.8. The maximum Gasteiger partial charge on any atom is 0.246 e. The molecule has 1 heterocycles. The van der Waals surface area contributed by atoms with Gasteiger partial charge in [-0.2, -0.15) is 4.98 Å². The van der Waals surface area contributed by atoms with Crippen molar-refractivity contribution >= 4 is 0 Å². The molecule has 0 amide bonds. The van der Waals surface area contributed by atoms with Crippen molar-refractivity contribution in [1.29, 1.82) is 0 Å². The van der Waals surface area contributed by atoms with E-state index >= 15 is 0 Å². The lowest BCUT2D eigenvalue weighted by Gasteiger charge is -2.34. The molecule has 3 rings (SSSR count). The zero-order valence-corrected chi connectivity index (χ0v) is 12.8. The highest BCUT2D eigenvalue weighted by atomic mass is 16.5. The van der Waals surface area contributed by atoms with Crippen LogP contribution in [0.1, 0.15) is 63.2 Å². The van der Waals surface area contributed by atoms with Gasteiger partial charge < -0.3 is 10.3 Å². The van der Waals surface area contributed by atoms with E-state index in [1.54, 1.807) is 0 Å². The maximum atomic E-state index is 6.31. The van der Waals surface area contributed by atoms with Crippen LogP contribution in [-0.4, -0.2) is 10.1 Å². The van der Waals surface area contributed by atoms with Crippen LogP contribution in [0.2, 0.25) is 0 Å². The molecule has 0 saturated heterocycles. The third-order valence-electron chi connectivity index (χ3n) is 5.06. The molecule has 0 atom stereocenters. The normalized spacial score (nSPS) is 17.5. The van der Waals surface area contributed by atoms with E-state index < -0.39 is 5.54 Å². The Bertz CT molecular complexity index is 598. The second kappa shape index (κ2) is 5.26. The molecule has 1 saturated carbocycles. The Morgan fingerprint density at radius 3 is 2.38 bits per heavy atom. The van der Waals surface area contributed by atoms with E-state index in [1.165, 1.54) is 5.56 Å². The molecule has 112 valence electrons. The molecule has 2 N–H and O–H groups in total. The summed E-state index contributed by atoms with van der Waals surface area (Å²) in [4.78, 5) is 4.69. The first-order valence-electron chi connectivity index (χ1n) is 7.84. The van der Waals surface area contributed by atoms with Gasteiger partial charge >= 0.3 is 0 Å². The summed E-state index contributed by atoms with van der Waals surface area (Å²) in [6.45, 7) is 4.35. The second-order valence-electron chi connectivity index (χ2n) is 6.09. The van der Waals surface area contributed by atoms with E-state index in [0.717, 1.165) is 37.9 Å². The number of aromatic nitrogens is 2. The molecule has 0 spiro atoms. The smallest absolute Gasteiger partial charge is 0.246 e. The Morgan fingerprint density at radius 2 is 1.86 bits per heavy atom. The lowest BCUT2D eigenvalue weighted by Crippen LogP contribution is -2.43. The van der Waals surface area contributed by atoms with Crippen molar-refractivity contribution in [1.82, 2.24) is 10.1 Å². The molecule has 1 aliphatic carbocycles. The lowest BCUT2D eigenvalue weighted by atomic mass is 9.75. The van der Waals surface area contributed by atoms with Gasteiger partial charge in [-0.25, -0.2) is 0 Å². The zero-order chi connectivity index (χ0) is 14.9. The van der Waals surface area contributed by atoms with Crippen LogP contribution in [0.25, 0.3) is 0 Å². The highest BCUT2D eigenvalue weighted by Crippen LogP contribution is 2.41. The molecule has 2 aromatic rings. The predicted octanol–water partition coefficient (Wildman–Crippen LogP) is 3.51. The summed E-state index contributed by atoms with van der Waals surface area (Å²) in [5.74, 6) is 1.37. The van der Waals surface area contributed by atoms with E-state index in [4.69, 9.17) is 15.2 Å². The molecule has 1 fully saturated rings. The van der Waals surface area contributed by atoms with Gasteiger partial charge in [-0.3, -0.25) is 0 Å². The Hall–Kier alpha value is -1.68. The van der Waals surface area contributed by atoms with Crippen LogP contribution in [0.3, 0.4) is 0 Å². The summed E-state index contributed by atoms with van der Waals surface area (Å²) in [5.41, 5.74) is 6.96. The van der Waals surface area contributed by atoms with Gasteiger partial charge in [0.1, 0.15) is 0 Å². The fourth-order valence-electron chi connectivity index (χ4n) is 3.25. The van der Waals surface area contributed by atoms with Gasteiger partial charge in [0, 0.05) is 0 Å². The molecule has 0 radical (unpaired) electrons. The first-order valence-corrected chi connectivity index (χ1v) is 7.84. The van der Waals surface area contributed by atoms with E-state index in [9.17, 15) is 0 Å². The quantitative estimate of drug-likeness (QED) is 0.913. The van der Waals surface area contributed by atoms with Crippen molar-refractivity contribution in [2.24, 2.45) is 5.73 Å². The molecule has 1 aliphatic rings. The van der Waals surface area contributed by atoms with Crippen molar-refractivity contribution < 1.29 is 4.52 Å². The highest BCUT2D eigenvalue weighted by Gasteiger charge is 2.42. The number of benzene rings is 1.